The number of amides is 2. The molecule has 63 heavy (non-hydrogen) atoms. The highest BCUT2D eigenvalue weighted by Gasteiger charge is 2.44. The second-order valence-corrected chi connectivity index (χ2v) is 18.1. The third-order valence-corrected chi connectivity index (χ3v) is 11.9. The van der Waals surface area contributed by atoms with Gasteiger partial charge in [-0.05, 0) is 74.8 Å². The Morgan fingerprint density at radius 2 is 1.68 bits per heavy atom. The minimum absolute atomic E-state index is 0.0564. The van der Waals surface area contributed by atoms with E-state index < -0.39 is 79.0 Å². The van der Waals surface area contributed by atoms with E-state index in [0.29, 0.717) is 51.9 Å². The van der Waals surface area contributed by atoms with Crippen molar-refractivity contribution in [2.75, 3.05) is 39.4 Å². The summed E-state index contributed by atoms with van der Waals surface area (Å²) >= 11 is 0. The molecule has 1 aromatic heterocycles. The summed E-state index contributed by atoms with van der Waals surface area (Å²) in [6.07, 6.45) is -3.20. The highest BCUT2D eigenvalue weighted by Crippen LogP contribution is 2.34. The largest absolute Gasteiger partial charge is 0.459 e. The number of unbranched alkanes of at least 4 members (excludes halogenated alkanes) is 1. The van der Waals surface area contributed by atoms with Crippen LogP contribution >= 0.6 is 0 Å². The van der Waals surface area contributed by atoms with Crippen LogP contribution in [0, 0.1) is 5.92 Å². The first-order valence-corrected chi connectivity index (χ1v) is 22.1. The monoisotopic (exact) mass is 875 g/mol. The molecule has 0 spiro atoms. The van der Waals surface area contributed by atoms with E-state index in [-0.39, 0.29) is 37.8 Å². The third kappa shape index (κ3) is 13.6. The number of esters is 1. The van der Waals surface area contributed by atoms with Gasteiger partial charge in [0.15, 0.2) is 6.29 Å². The molecule has 3 aliphatic rings. The Morgan fingerprint density at radius 3 is 2.41 bits per heavy atom. The fraction of sp³-hybridized carbons (Fsp3) is 0.574. The van der Waals surface area contributed by atoms with Crippen LogP contribution in [0.3, 0.4) is 0 Å². The van der Waals surface area contributed by atoms with Gasteiger partial charge in [-0.3, -0.25) is 29.2 Å². The van der Waals surface area contributed by atoms with Crippen molar-refractivity contribution in [3.63, 3.8) is 0 Å². The molecule has 2 aliphatic heterocycles. The highest BCUT2D eigenvalue weighted by atomic mass is 16.7. The summed E-state index contributed by atoms with van der Waals surface area (Å²) in [5.74, 6) is -1.51. The van der Waals surface area contributed by atoms with Crippen molar-refractivity contribution in [2.24, 2.45) is 5.92 Å². The molecule has 6 rings (SSSR count). The lowest BCUT2D eigenvalue weighted by atomic mass is 9.91. The first-order chi connectivity index (χ1) is 30.2. The van der Waals surface area contributed by atoms with E-state index in [0.717, 1.165) is 22.3 Å². The quantitative estimate of drug-likeness (QED) is 0.0669. The zero-order chi connectivity index (χ0) is 45.1. The van der Waals surface area contributed by atoms with Crippen LogP contribution in [0.15, 0.2) is 79.1 Å². The standard InChI is InChI=1S/C47H65N5O11/c1-47(2,3)50-45(60)36-28-51(26-31-14-11-18-48-25-31)19-20-52(36)27-34(54)23-33(22-30-12-5-4-6-13-30)44(59)49-40-35-16-8-7-15-32(35)24-37(40)62-39(55)17-9-10-21-61-46-43(58)42(57)41(56)38(29-53)63-46/h4-8,11-16,18,25,33-34,36-38,40-43,46,53-54,56-58H,9-10,17,19-24,26-29H2,1-3H3,(H,49,59)(H,50,60)/t33-,34-,36-,37+,38+,40-,41+,42-,43-,46-/m0/s1. The summed E-state index contributed by atoms with van der Waals surface area (Å²) in [7, 11) is 0. The minimum atomic E-state index is -1.55. The van der Waals surface area contributed by atoms with Crippen LogP contribution in [0.1, 0.15) is 74.8 Å². The van der Waals surface area contributed by atoms with Gasteiger partial charge in [0.2, 0.25) is 11.8 Å². The zero-order valence-corrected chi connectivity index (χ0v) is 36.5. The fourth-order valence-electron chi connectivity index (χ4n) is 8.66. The molecule has 16 nitrogen and oxygen atoms in total. The highest BCUT2D eigenvalue weighted by molar-refractivity contribution is 5.83. The van der Waals surface area contributed by atoms with Crippen molar-refractivity contribution < 1.29 is 54.1 Å². The van der Waals surface area contributed by atoms with Gasteiger partial charge in [-0.1, -0.05) is 60.7 Å². The predicted molar refractivity (Wildman–Crippen MR) is 232 cm³/mol. The van der Waals surface area contributed by atoms with E-state index in [4.69, 9.17) is 14.2 Å². The summed E-state index contributed by atoms with van der Waals surface area (Å²) in [5, 5.41) is 57.8. The molecular formula is C47H65N5O11. The molecule has 3 aromatic rings. The Kier molecular flexibility index (Phi) is 17.2. The SMILES string of the molecule is CC(C)(C)NC(=O)[C@@H]1CN(Cc2cccnc2)CCN1C[C@@H](O)C[C@H](Cc1ccccc1)C(=O)N[C@H]1c2ccccc2C[C@H]1OC(=O)CCCCO[C@H]1O[C@H](CO)[C@@H](O)[C@H](O)[C@@H]1O. The lowest BCUT2D eigenvalue weighted by molar-refractivity contribution is -0.301. The molecule has 10 atom stereocenters. The summed E-state index contributed by atoms with van der Waals surface area (Å²) in [4.78, 5) is 49.9. The molecule has 0 saturated carbocycles. The number of ether oxygens (including phenoxy) is 3. The van der Waals surface area contributed by atoms with Crippen LogP contribution in [-0.4, -0.2) is 152 Å². The molecule has 2 saturated heterocycles. The maximum Gasteiger partial charge on any atom is 0.306 e. The van der Waals surface area contributed by atoms with Crippen molar-refractivity contribution in [2.45, 2.75) is 126 Å². The normalized spacial score (nSPS) is 26.3. The van der Waals surface area contributed by atoms with Crippen LogP contribution in [0.4, 0.5) is 0 Å². The Hall–Kier alpha value is -4.36. The van der Waals surface area contributed by atoms with Crippen LogP contribution in [0.2, 0.25) is 0 Å². The zero-order valence-electron chi connectivity index (χ0n) is 36.5. The lowest BCUT2D eigenvalue weighted by Gasteiger charge is -2.42. The average Bonchev–Trinajstić information content (AvgIpc) is 3.59. The number of β-amino-alcohol motifs (C(OH)–C–C–N with tert-alkyl or cyclic N) is 1. The molecule has 16 heteroatoms. The number of carbonyl (C=O) groups is 3. The Morgan fingerprint density at radius 1 is 0.937 bits per heavy atom. The van der Waals surface area contributed by atoms with Crippen LogP contribution in [-0.2, 0) is 48.0 Å². The summed E-state index contributed by atoms with van der Waals surface area (Å²) < 4.78 is 17.0. The number of rotatable bonds is 19. The third-order valence-electron chi connectivity index (χ3n) is 11.9. The van der Waals surface area contributed by atoms with Crippen molar-refractivity contribution in [1.29, 1.82) is 0 Å². The number of aromatic nitrogens is 1. The molecule has 0 radical (unpaired) electrons. The molecule has 2 fully saturated rings. The van der Waals surface area contributed by atoms with Gasteiger partial charge in [0.25, 0.3) is 0 Å². The maximum absolute atomic E-state index is 14.5. The number of nitrogens with zero attached hydrogens (tertiary/aromatic N) is 3. The number of piperazine rings is 1. The molecule has 7 N–H and O–H groups in total. The van der Waals surface area contributed by atoms with Gasteiger partial charge in [0.1, 0.15) is 36.6 Å². The van der Waals surface area contributed by atoms with Gasteiger partial charge in [0.05, 0.1) is 18.8 Å². The van der Waals surface area contributed by atoms with Crippen LogP contribution < -0.4 is 10.6 Å². The number of hydrogen-bond acceptors (Lipinski definition) is 14. The maximum atomic E-state index is 14.5. The van der Waals surface area contributed by atoms with E-state index in [9.17, 15) is 39.9 Å². The summed E-state index contributed by atoms with van der Waals surface area (Å²) in [6, 6.07) is 20.0. The molecular weight excluding hydrogens is 811 g/mol. The predicted octanol–water partition coefficient (Wildman–Crippen LogP) is 1.40. The Labute approximate surface area is 369 Å². The second-order valence-electron chi connectivity index (χ2n) is 18.1. The van der Waals surface area contributed by atoms with E-state index in [2.05, 4.69) is 20.5 Å². The van der Waals surface area contributed by atoms with Gasteiger partial charge in [-0.15, -0.1) is 0 Å². The average molecular weight is 876 g/mol. The number of nitrogens with one attached hydrogen (secondary N) is 2. The number of benzene rings is 2. The topological polar surface area (TPSA) is 223 Å². The lowest BCUT2D eigenvalue weighted by Crippen LogP contribution is -2.61. The molecule has 344 valence electrons. The number of fused-ring (bicyclic) bond motifs is 1. The van der Waals surface area contributed by atoms with Gasteiger partial charge in [-0.2, -0.15) is 0 Å². The van der Waals surface area contributed by atoms with E-state index in [1.807, 2.05) is 98.6 Å². The Balaban J connectivity index is 1.08. The van der Waals surface area contributed by atoms with Gasteiger partial charge in [-0.25, -0.2) is 0 Å². The smallest absolute Gasteiger partial charge is 0.306 e. The molecule has 1 aliphatic carbocycles. The molecule has 2 amide bonds. The number of carbonyl (C=O) groups excluding carboxylic acids is 3. The minimum Gasteiger partial charge on any atom is -0.459 e. The van der Waals surface area contributed by atoms with Gasteiger partial charge < -0.3 is 50.4 Å². The molecule has 3 heterocycles. The summed E-state index contributed by atoms with van der Waals surface area (Å²) in [6.45, 7) is 7.88. The first kappa shape index (κ1) is 48.1. The van der Waals surface area contributed by atoms with Crippen molar-refractivity contribution in [1.82, 2.24) is 25.4 Å². The van der Waals surface area contributed by atoms with Crippen molar-refractivity contribution in [3.8, 4) is 0 Å². The molecule has 0 unspecified atom stereocenters. The van der Waals surface area contributed by atoms with Crippen LogP contribution in [0.25, 0.3) is 0 Å². The number of hydrogen-bond donors (Lipinski definition) is 7. The second kappa shape index (κ2) is 22.5. The first-order valence-electron chi connectivity index (χ1n) is 22.1. The summed E-state index contributed by atoms with van der Waals surface area (Å²) in [5.41, 5.74) is 3.34. The molecule has 0 bridgehead atoms. The fourth-order valence-corrected chi connectivity index (χ4v) is 8.66. The number of aliphatic hydroxyl groups excluding tert-OH is 5. The van der Waals surface area contributed by atoms with Crippen molar-refractivity contribution in [3.05, 3.63) is 101 Å². The number of pyridine rings is 1. The van der Waals surface area contributed by atoms with Crippen LogP contribution in [0.5, 0.6) is 0 Å². The van der Waals surface area contributed by atoms with E-state index in [1.54, 1.807) is 6.20 Å². The Bertz CT molecular complexity index is 1920. The van der Waals surface area contributed by atoms with Crippen molar-refractivity contribution >= 4 is 17.8 Å². The molecule has 2 aromatic carbocycles. The van der Waals surface area contributed by atoms with Gasteiger partial charge >= 0.3 is 5.97 Å². The van der Waals surface area contributed by atoms with Gasteiger partial charge in [0, 0.05) is 76.0 Å². The van der Waals surface area contributed by atoms with E-state index in [1.165, 1.54) is 0 Å². The number of aliphatic hydroxyl groups is 5. The van der Waals surface area contributed by atoms with E-state index >= 15 is 0 Å².